The maximum atomic E-state index is 6.04. The normalized spacial score (nSPS) is 17.2. The number of nitrogens with one attached hydrogen (secondary N) is 1. The van der Waals surface area contributed by atoms with Crippen molar-refractivity contribution < 1.29 is 0 Å². The zero-order valence-corrected chi connectivity index (χ0v) is 10.6. The van der Waals surface area contributed by atoms with Gasteiger partial charge in [0.1, 0.15) is 17.3 Å². The van der Waals surface area contributed by atoms with Crippen LogP contribution in [-0.4, -0.2) is 16.5 Å². The minimum absolute atomic E-state index is 0.516. The number of rotatable bonds is 5. The van der Waals surface area contributed by atoms with Gasteiger partial charge in [0, 0.05) is 12.1 Å². The molecule has 0 spiro atoms. The van der Waals surface area contributed by atoms with Crippen molar-refractivity contribution in [2.45, 2.75) is 39.5 Å². The predicted octanol–water partition coefficient (Wildman–Crippen LogP) is 3.29. The van der Waals surface area contributed by atoms with E-state index in [4.69, 9.17) is 11.6 Å². The summed E-state index contributed by atoms with van der Waals surface area (Å²) < 4.78 is 0. The summed E-state index contributed by atoms with van der Waals surface area (Å²) in [4.78, 5) is 8.27. The maximum Gasteiger partial charge on any atom is 0.137 e. The van der Waals surface area contributed by atoms with E-state index in [9.17, 15) is 0 Å². The molecule has 0 atom stereocenters. The SMILES string of the molecule is CCc1c(Cl)ncnc1NCC1(CC)CC1. The molecule has 1 fully saturated rings. The fourth-order valence-electron chi connectivity index (χ4n) is 1.96. The lowest BCUT2D eigenvalue weighted by atomic mass is 10.0. The van der Waals surface area contributed by atoms with Gasteiger partial charge in [0.25, 0.3) is 0 Å². The lowest BCUT2D eigenvalue weighted by molar-refractivity contribution is 0.520. The number of halogens is 1. The summed E-state index contributed by atoms with van der Waals surface area (Å²) in [6, 6.07) is 0. The summed E-state index contributed by atoms with van der Waals surface area (Å²) in [6.45, 7) is 5.33. The molecule has 0 unspecified atom stereocenters. The molecule has 0 saturated heterocycles. The van der Waals surface area contributed by atoms with Gasteiger partial charge in [0.15, 0.2) is 0 Å². The van der Waals surface area contributed by atoms with E-state index in [0.717, 1.165) is 24.3 Å². The van der Waals surface area contributed by atoms with Crippen LogP contribution in [0.5, 0.6) is 0 Å². The van der Waals surface area contributed by atoms with Crippen LogP contribution >= 0.6 is 11.6 Å². The van der Waals surface area contributed by atoms with Gasteiger partial charge in [-0.15, -0.1) is 0 Å². The molecule has 16 heavy (non-hydrogen) atoms. The van der Waals surface area contributed by atoms with E-state index in [1.165, 1.54) is 25.6 Å². The minimum Gasteiger partial charge on any atom is -0.369 e. The predicted molar refractivity (Wildman–Crippen MR) is 66.9 cm³/mol. The Morgan fingerprint density at radius 1 is 1.38 bits per heavy atom. The average Bonchev–Trinajstić information content (AvgIpc) is 3.07. The van der Waals surface area contributed by atoms with Crippen molar-refractivity contribution in [3.63, 3.8) is 0 Å². The Hall–Kier alpha value is -0.830. The topological polar surface area (TPSA) is 37.8 Å². The molecule has 2 rings (SSSR count). The zero-order valence-electron chi connectivity index (χ0n) is 9.89. The van der Waals surface area contributed by atoms with E-state index in [2.05, 4.69) is 29.1 Å². The number of hydrogen-bond donors (Lipinski definition) is 1. The van der Waals surface area contributed by atoms with Gasteiger partial charge in [-0.2, -0.15) is 0 Å². The molecule has 0 aliphatic heterocycles. The monoisotopic (exact) mass is 239 g/mol. The van der Waals surface area contributed by atoms with Gasteiger partial charge in [-0.25, -0.2) is 9.97 Å². The van der Waals surface area contributed by atoms with Crippen molar-refractivity contribution in [2.24, 2.45) is 5.41 Å². The number of aromatic nitrogens is 2. The van der Waals surface area contributed by atoms with Crippen LogP contribution in [0.1, 0.15) is 38.7 Å². The first-order valence-electron chi connectivity index (χ1n) is 5.94. The van der Waals surface area contributed by atoms with Crippen LogP contribution < -0.4 is 5.32 Å². The third kappa shape index (κ3) is 2.29. The Bertz CT molecular complexity index is 375. The van der Waals surface area contributed by atoms with Crippen LogP contribution in [0.4, 0.5) is 5.82 Å². The molecular formula is C12H18ClN3. The molecule has 0 aromatic carbocycles. The summed E-state index contributed by atoms with van der Waals surface area (Å²) in [5.41, 5.74) is 1.54. The van der Waals surface area contributed by atoms with Gasteiger partial charge in [0.2, 0.25) is 0 Å². The van der Waals surface area contributed by atoms with Crippen molar-refractivity contribution >= 4 is 17.4 Å². The van der Waals surface area contributed by atoms with Crippen molar-refractivity contribution in [3.8, 4) is 0 Å². The molecule has 1 aliphatic rings. The standard InChI is InChI=1S/C12H18ClN3/c1-3-9-10(13)15-8-16-11(9)14-7-12(4-2)5-6-12/h8H,3-7H2,1-2H3,(H,14,15,16). The first kappa shape index (κ1) is 11.6. The molecule has 1 saturated carbocycles. The van der Waals surface area contributed by atoms with E-state index >= 15 is 0 Å². The molecule has 1 heterocycles. The van der Waals surface area contributed by atoms with Crippen LogP contribution in [0.25, 0.3) is 0 Å². The van der Waals surface area contributed by atoms with Gasteiger partial charge in [0.05, 0.1) is 0 Å². The summed E-state index contributed by atoms with van der Waals surface area (Å²) in [6.07, 6.45) is 6.28. The molecule has 0 bridgehead atoms. The van der Waals surface area contributed by atoms with Crippen LogP contribution in [-0.2, 0) is 6.42 Å². The second kappa shape index (κ2) is 4.58. The van der Waals surface area contributed by atoms with Gasteiger partial charge in [-0.05, 0) is 31.1 Å². The van der Waals surface area contributed by atoms with Crippen LogP contribution in [0, 0.1) is 5.41 Å². The largest absolute Gasteiger partial charge is 0.369 e. The second-order valence-corrected chi connectivity index (χ2v) is 4.91. The van der Waals surface area contributed by atoms with Crippen molar-refractivity contribution in [1.82, 2.24) is 9.97 Å². The number of anilines is 1. The number of nitrogens with zero attached hydrogens (tertiary/aromatic N) is 2. The van der Waals surface area contributed by atoms with Gasteiger partial charge in [-0.3, -0.25) is 0 Å². The molecule has 4 heteroatoms. The molecule has 0 amide bonds. The Morgan fingerprint density at radius 2 is 2.12 bits per heavy atom. The van der Waals surface area contributed by atoms with Crippen LogP contribution in [0.15, 0.2) is 6.33 Å². The van der Waals surface area contributed by atoms with E-state index in [1.807, 2.05) is 0 Å². The van der Waals surface area contributed by atoms with Gasteiger partial charge >= 0.3 is 0 Å². The lowest BCUT2D eigenvalue weighted by Crippen LogP contribution is -2.16. The van der Waals surface area contributed by atoms with E-state index in [-0.39, 0.29) is 0 Å². The lowest BCUT2D eigenvalue weighted by Gasteiger charge is -2.15. The van der Waals surface area contributed by atoms with Crippen molar-refractivity contribution in [1.29, 1.82) is 0 Å². The maximum absolute atomic E-state index is 6.04. The van der Waals surface area contributed by atoms with Gasteiger partial charge < -0.3 is 5.32 Å². The van der Waals surface area contributed by atoms with Crippen molar-refractivity contribution in [2.75, 3.05) is 11.9 Å². The summed E-state index contributed by atoms with van der Waals surface area (Å²) in [5.74, 6) is 0.905. The highest BCUT2D eigenvalue weighted by atomic mass is 35.5. The molecule has 1 aromatic rings. The van der Waals surface area contributed by atoms with Gasteiger partial charge in [-0.1, -0.05) is 25.4 Å². The molecule has 1 aliphatic carbocycles. The highest BCUT2D eigenvalue weighted by molar-refractivity contribution is 6.30. The summed E-state index contributed by atoms with van der Waals surface area (Å²) in [5, 5.41) is 3.99. The summed E-state index contributed by atoms with van der Waals surface area (Å²) in [7, 11) is 0. The third-order valence-corrected chi connectivity index (χ3v) is 3.91. The molecule has 0 radical (unpaired) electrons. The third-order valence-electron chi connectivity index (χ3n) is 3.58. The van der Waals surface area contributed by atoms with Crippen LogP contribution in [0.2, 0.25) is 5.15 Å². The molecule has 88 valence electrons. The molecule has 1 N–H and O–H groups in total. The van der Waals surface area contributed by atoms with Crippen LogP contribution in [0.3, 0.4) is 0 Å². The molecule has 3 nitrogen and oxygen atoms in total. The summed E-state index contributed by atoms with van der Waals surface area (Å²) >= 11 is 6.04. The van der Waals surface area contributed by atoms with Crippen molar-refractivity contribution in [3.05, 3.63) is 17.0 Å². The second-order valence-electron chi connectivity index (χ2n) is 4.55. The Labute approximate surface area is 102 Å². The zero-order chi connectivity index (χ0) is 11.6. The first-order chi connectivity index (χ1) is 7.71. The Balaban J connectivity index is 2.06. The molecular weight excluding hydrogens is 222 g/mol. The minimum atomic E-state index is 0.516. The molecule has 1 aromatic heterocycles. The quantitative estimate of drug-likeness (QED) is 0.802. The number of hydrogen-bond acceptors (Lipinski definition) is 3. The van der Waals surface area contributed by atoms with E-state index in [1.54, 1.807) is 0 Å². The smallest absolute Gasteiger partial charge is 0.137 e. The highest BCUT2D eigenvalue weighted by Crippen LogP contribution is 2.48. The Kier molecular flexibility index (Phi) is 3.33. The highest BCUT2D eigenvalue weighted by Gasteiger charge is 2.40. The Morgan fingerprint density at radius 3 is 2.69 bits per heavy atom. The van der Waals surface area contributed by atoms with E-state index < -0.39 is 0 Å². The van der Waals surface area contributed by atoms with E-state index in [0.29, 0.717) is 10.6 Å². The first-order valence-corrected chi connectivity index (χ1v) is 6.32. The average molecular weight is 240 g/mol. The fraction of sp³-hybridized carbons (Fsp3) is 0.667. The fourth-order valence-corrected chi connectivity index (χ4v) is 2.23.